The van der Waals surface area contributed by atoms with E-state index in [1.54, 1.807) is 6.20 Å². The number of thiazole rings is 1. The van der Waals surface area contributed by atoms with Gasteiger partial charge in [0.1, 0.15) is 4.88 Å². The number of amides is 1. The third kappa shape index (κ3) is 3.54. The molecule has 1 saturated carbocycles. The predicted molar refractivity (Wildman–Crippen MR) is 78.4 cm³/mol. The highest BCUT2D eigenvalue weighted by molar-refractivity contribution is 9.09. The van der Waals surface area contributed by atoms with Gasteiger partial charge in [-0.3, -0.25) is 4.79 Å². The maximum atomic E-state index is 11.9. The van der Waals surface area contributed by atoms with Gasteiger partial charge >= 0.3 is 0 Å². The molecule has 1 N–H and O–H groups in total. The molecule has 1 amide bonds. The Morgan fingerprint density at radius 1 is 1.50 bits per heavy atom. The molecule has 1 fully saturated rings. The first-order chi connectivity index (χ1) is 8.70. The second-order valence-corrected chi connectivity index (χ2v) is 6.79. The quantitative estimate of drug-likeness (QED) is 0.860. The highest BCUT2D eigenvalue weighted by atomic mass is 79.9. The summed E-state index contributed by atoms with van der Waals surface area (Å²) in [5.74, 6) is 1.36. The van der Waals surface area contributed by atoms with Crippen LogP contribution in [0, 0.1) is 18.8 Å². The van der Waals surface area contributed by atoms with Gasteiger partial charge in [-0.25, -0.2) is 4.98 Å². The minimum Gasteiger partial charge on any atom is -0.351 e. The molecular weight excluding hydrogens is 312 g/mol. The van der Waals surface area contributed by atoms with Crippen molar-refractivity contribution in [3.05, 3.63) is 16.1 Å². The van der Waals surface area contributed by atoms with Crippen molar-refractivity contribution >= 4 is 33.2 Å². The second-order valence-electron chi connectivity index (χ2n) is 4.91. The van der Waals surface area contributed by atoms with Crippen molar-refractivity contribution < 1.29 is 4.79 Å². The van der Waals surface area contributed by atoms with Crippen molar-refractivity contribution in [1.29, 1.82) is 0 Å². The summed E-state index contributed by atoms with van der Waals surface area (Å²) >= 11 is 5.04. The monoisotopic (exact) mass is 330 g/mol. The summed E-state index contributed by atoms with van der Waals surface area (Å²) in [5, 5.41) is 5.05. The summed E-state index contributed by atoms with van der Waals surface area (Å²) in [4.78, 5) is 16.8. The second kappa shape index (κ2) is 6.66. The molecule has 0 saturated heterocycles. The maximum absolute atomic E-state index is 11.9. The van der Waals surface area contributed by atoms with E-state index in [0.29, 0.717) is 11.8 Å². The van der Waals surface area contributed by atoms with Gasteiger partial charge < -0.3 is 5.32 Å². The first kappa shape index (κ1) is 14.0. The standard InChI is InChI=1S/C13H19BrN2OS/c1-9-15-8-12(18-9)13(17)16-7-11-5-3-2-4-10(11)6-14/h8,10-11H,2-7H2,1H3,(H,16,17). The lowest BCUT2D eigenvalue weighted by atomic mass is 9.80. The maximum Gasteiger partial charge on any atom is 0.263 e. The molecule has 2 atom stereocenters. The van der Waals surface area contributed by atoms with Crippen molar-refractivity contribution in [2.24, 2.45) is 11.8 Å². The Morgan fingerprint density at radius 3 is 2.83 bits per heavy atom. The number of nitrogens with zero attached hydrogens (tertiary/aromatic N) is 1. The first-order valence-electron chi connectivity index (χ1n) is 6.47. The van der Waals surface area contributed by atoms with Gasteiger partial charge in [-0.2, -0.15) is 0 Å². The summed E-state index contributed by atoms with van der Waals surface area (Å²) in [5.41, 5.74) is 0. The van der Waals surface area contributed by atoms with E-state index in [1.807, 2.05) is 6.92 Å². The van der Waals surface area contributed by atoms with Crippen LogP contribution in [-0.2, 0) is 0 Å². The van der Waals surface area contributed by atoms with Gasteiger partial charge in [0.15, 0.2) is 0 Å². The minimum atomic E-state index is 0.0273. The van der Waals surface area contributed by atoms with Crippen LogP contribution < -0.4 is 5.32 Å². The lowest BCUT2D eigenvalue weighted by Crippen LogP contribution is -2.34. The predicted octanol–water partition coefficient (Wildman–Crippen LogP) is 3.38. The molecule has 0 radical (unpaired) electrons. The zero-order valence-electron chi connectivity index (χ0n) is 10.6. The minimum absolute atomic E-state index is 0.0273. The number of alkyl halides is 1. The number of hydrogen-bond donors (Lipinski definition) is 1. The summed E-state index contributed by atoms with van der Waals surface area (Å²) in [6.07, 6.45) is 6.81. The largest absolute Gasteiger partial charge is 0.351 e. The van der Waals surface area contributed by atoms with E-state index < -0.39 is 0 Å². The molecule has 1 heterocycles. The summed E-state index contributed by atoms with van der Waals surface area (Å²) in [7, 11) is 0. The van der Waals surface area contributed by atoms with Gasteiger partial charge in [0, 0.05) is 11.9 Å². The van der Waals surface area contributed by atoms with Gasteiger partial charge in [0.25, 0.3) is 5.91 Å². The van der Waals surface area contributed by atoms with E-state index in [0.717, 1.165) is 21.8 Å². The van der Waals surface area contributed by atoms with E-state index in [-0.39, 0.29) is 5.91 Å². The molecule has 2 unspecified atom stereocenters. The number of halogens is 1. The number of carbonyl (C=O) groups excluding carboxylic acids is 1. The molecule has 100 valence electrons. The summed E-state index contributed by atoms with van der Waals surface area (Å²) in [6.45, 7) is 2.72. The van der Waals surface area contributed by atoms with Crippen LogP contribution >= 0.6 is 27.3 Å². The number of aromatic nitrogens is 1. The van der Waals surface area contributed by atoms with E-state index >= 15 is 0 Å². The molecule has 0 bridgehead atoms. The van der Waals surface area contributed by atoms with Crippen molar-refractivity contribution in [2.45, 2.75) is 32.6 Å². The fourth-order valence-electron chi connectivity index (χ4n) is 2.53. The van der Waals surface area contributed by atoms with Crippen LogP contribution in [0.2, 0.25) is 0 Å². The highest BCUT2D eigenvalue weighted by Crippen LogP contribution is 2.30. The molecule has 18 heavy (non-hydrogen) atoms. The Hall–Kier alpha value is -0.420. The normalized spacial score (nSPS) is 23.9. The Labute approximate surface area is 121 Å². The number of rotatable bonds is 4. The lowest BCUT2D eigenvalue weighted by molar-refractivity contribution is 0.0941. The topological polar surface area (TPSA) is 42.0 Å². The zero-order chi connectivity index (χ0) is 13.0. The third-order valence-corrected chi connectivity index (χ3v) is 5.38. The molecule has 2 rings (SSSR count). The Morgan fingerprint density at radius 2 is 2.22 bits per heavy atom. The summed E-state index contributed by atoms with van der Waals surface area (Å²) < 4.78 is 0. The van der Waals surface area contributed by atoms with Crippen molar-refractivity contribution in [2.75, 3.05) is 11.9 Å². The number of nitrogens with one attached hydrogen (secondary N) is 1. The molecule has 1 aliphatic carbocycles. The van der Waals surface area contributed by atoms with Crippen LogP contribution in [0.25, 0.3) is 0 Å². The summed E-state index contributed by atoms with van der Waals surface area (Å²) in [6, 6.07) is 0. The molecule has 0 spiro atoms. The van der Waals surface area contributed by atoms with Crippen molar-refractivity contribution in [1.82, 2.24) is 10.3 Å². The number of aryl methyl sites for hydroxylation is 1. The molecule has 5 heteroatoms. The molecule has 1 aromatic heterocycles. The average molecular weight is 331 g/mol. The molecule has 1 aliphatic rings. The Kier molecular flexibility index (Phi) is 5.18. The average Bonchev–Trinajstić information content (AvgIpc) is 2.83. The SMILES string of the molecule is Cc1ncc(C(=O)NCC2CCCCC2CBr)s1. The van der Waals surface area contributed by atoms with Gasteiger partial charge in [0.05, 0.1) is 11.2 Å². The first-order valence-corrected chi connectivity index (χ1v) is 8.41. The fourth-order valence-corrected chi connectivity index (χ4v) is 4.08. The third-order valence-electron chi connectivity index (χ3n) is 3.63. The van der Waals surface area contributed by atoms with Crippen molar-refractivity contribution in [3.63, 3.8) is 0 Å². The molecular formula is C13H19BrN2OS. The van der Waals surface area contributed by atoms with E-state index in [4.69, 9.17) is 0 Å². The molecule has 3 nitrogen and oxygen atoms in total. The van der Waals surface area contributed by atoms with Crippen LogP contribution in [0.3, 0.4) is 0 Å². The lowest BCUT2D eigenvalue weighted by Gasteiger charge is -2.30. The van der Waals surface area contributed by atoms with Gasteiger partial charge in [-0.05, 0) is 31.6 Å². The number of carbonyl (C=O) groups is 1. The fraction of sp³-hybridized carbons (Fsp3) is 0.692. The number of hydrogen-bond acceptors (Lipinski definition) is 3. The van der Waals surface area contributed by atoms with Gasteiger partial charge in [0.2, 0.25) is 0 Å². The molecule has 0 aliphatic heterocycles. The van der Waals surface area contributed by atoms with E-state index in [9.17, 15) is 4.79 Å². The Bertz CT molecular complexity index is 407. The Balaban J connectivity index is 1.85. The van der Waals surface area contributed by atoms with E-state index in [2.05, 4.69) is 26.2 Å². The zero-order valence-corrected chi connectivity index (χ0v) is 13.0. The van der Waals surface area contributed by atoms with Crippen LogP contribution in [-0.4, -0.2) is 22.8 Å². The smallest absolute Gasteiger partial charge is 0.263 e. The van der Waals surface area contributed by atoms with Crippen LogP contribution in [0.4, 0.5) is 0 Å². The molecule has 0 aromatic carbocycles. The molecule has 1 aromatic rings. The van der Waals surface area contributed by atoms with Crippen LogP contribution in [0.15, 0.2) is 6.20 Å². The van der Waals surface area contributed by atoms with Crippen LogP contribution in [0.5, 0.6) is 0 Å². The highest BCUT2D eigenvalue weighted by Gasteiger charge is 2.24. The van der Waals surface area contributed by atoms with E-state index in [1.165, 1.54) is 37.0 Å². The van der Waals surface area contributed by atoms with Crippen LogP contribution in [0.1, 0.15) is 40.4 Å². The van der Waals surface area contributed by atoms with Gasteiger partial charge in [-0.15, -0.1) is 11.3 Å². The van der Waals surface area contributed by atoms with Crippen molar-refractivity contribution in [3.8, 4) is 0 Å². The van der Waals surface area contributed by atoms with Gasteiger partial charge in [-0.1, -0.05) is 28.8 Å².